The summed E-state index contributed by atoms with van der Waals surface area (Å²) in [5.74, 6) is 0. The molecule has 0 amide bonds. The highest BCUT2D eigenvalue weighted by Gasteiger charge is 2.61. The second-order valence-corrected chi connectivity index (χ2v) is 23.7. The van der Waals surface area contributed by atoms with Crippen LogP contribution in [0.5, 0.6) is 0 Å². The number of piperazine rings is 1. The van der Waals surface area contributed by atoms with Gasteiger partial charge in [-0.05, 0) is 18.2 Å². The van der Waals surface area contributed by atoms with Gasteiger partial charge in [-0.2, -0.15) is 22.1 Å². The molecule has 0 unspecified atom stereocenters. The Hall–Kier alpha value is -2.64. The van der Waals surface area contributed by atoms with Crippen molar-refractivity contribution in [2.24, 2.45) is 7.05 Å². The lowest BCUT2D eigenvalue weighted by Gasteiger charge is -2.36. The molecule has 0 spiro atoms. The summed E-state index contributed by atoms with van der Waals surface area (Å²) >= 11 is 0.666. The summed E-state index contributed by atoms with van der Waals surface area (Å²) in [4.78, 5) is 5.46. The monoisotopic (exact) mass is 731 g/mol. The molecule has 3 aromatic rings. The summed E-state index contributed by atoms with van der Waals surface area (Å²) in [7, 11) is -4.90. The number of aromatic nitrogens is 4. The number of halogens is 2. The Balaban J connectivity index is 1.61. The van der Waals surface area contributed by atoms with E-state index in [1.807, 2.05) is 4.90 Å². The smallest absolute Gasteiger partial charge is 0.303 e. The quantitative estimate of drug-likeness (QED) is 0.112. The Labute approximate surface area is 279 Å². The molecule has 0 bridgehead atoms. The fourth-order valence-corrected chi connectivity index (χ4v) is 9.53. The van der Waals surface area contributed by atoms with Crippen LogP contribution in [0.25, 0.3) is 26.4 Å². The van der Waals surface area contributed by atoms with Crippen LogP contribution in [0.1, 0.15) is 24.3 Å². The maximum atomic E-state index is 14.5. The number of anilines is 1. The lowest BCUT2D eigenvalue weighted by atomic mass is 10.1. The van der Waals surface area contributed by atoms with Crippen molar-refractivity contribution in [3.8, 4) is 10.7 Å². The van der Waals surface area contributed by atoms with E-state index in [1.165, 1.54) is 35.2 Å². The predicted molar refractivity (Wildman–Crippen MR) is 178 cm³/mol. The third kappa shape index (κ3) is 7.08. The van der Waals surface area contributed by atoms with Crippen molar-refractivity contribution in [2.45, 2.75) is 55.5 Å². The summed E-state index contributed by atoms with van der Waals surface area (Å²) in [6.07, 6.45) is -2.11. The molecule has 0 atom stereocenters. The lowest BCUT2D eigenvalue weighted by Crippen LogP contribution is -2.51. The van der Waals surface area contributed by atoms with E-state index in [4.69, 9.17) is 11.3 Å². The average molecular weight is 732 g/mol. The number of nitrogens with zero attached hydrogens (tertiary/aromatic N) is 9. The molecule has 3 heterocycles. The third-order valence-corrected chi connectivity index (χ3v) is 14.7. The van der Waals surface area contributed by atoms with E-state index in [1.54, 1.807) is 7.05 Å². The summed E-state index contributed by atoms with van der Waals surface area (Å²) < 4.78 is 92.5. The number of hydrogen-bond acceptors (Lipinski definition) is 10. The van der Waals surface area contributed by atoms with Gasteiger partial charge in [0.05, 0.1) is 28.9 Å². The van der Waals surface area contributed by atoms with Gasteiger partial charge in [0.25, 0.3) is 26.7 Å². The van der Waals surface area contributed by atoms with Crippen LogP contribution in [0.15, 0.2) is 17.0 Å². The van der Waals surface area contributed by atoms with E-state index >= 15 is 0 Å². The van der Waals surface area contributed by atoms with E-state index in [2.05, 4.69) is 39.8 Å². The van der Waals surface area contributed by atoms with Gasteiger partial charge in [0.2, 0.25) is 0 Å². The number of sulfonamides is 1. The zero-order valence-corrected chi connectivity index (χ0v) is 30.6. The summed E-state index contributed by atoms with van der Waals surface area (Å²) in [6, 6.07) is 3.76. The highest BCUT2D eigenvalue weighted by molar-refractivity contribution is 7.89. The minimum absolute atomic E-state index is 0.0969. The number of fused-ring (bicyclic) bond motifs is 1. The second-order valence-electron chi connectivity index (χ2n) is 13.0. The number of hydrogen-bond donors (Lipinski definition) is 0. The van der Waals surface area contributed by atoms with Crippen molar-refractivity contribution in [1.82, 2.24) is 32.9 Å². The molecule has 2 fully saturated rings. The molecule has 0 N–H and O–H groups in total. The Morgan fingerprint density at radius 3 is 2.30 bits per heavy atom. The third-order valence-electron chi connectivity index (χ3n) is 8.25. The fourth-order valence-electron chi connectivity index (χ4n) is 5.32. The average Bonchev–Trinajstić information content (AvgIpc) is 3.48. The first kappa shape index (κ1) is 35.7. The number of ether oxygens (including phenoxy) is 1. The van der Waals surface area contributed by atoms with E-state index in [-0.39, 0.29) is 48.5 Å². The van der Waals surface area contributed by atoms with Gasteiger partial charge in [-0.25, -0.2) is 23.8 Å². The number of rotatable bonds is 13. The van der Waals surface area contributed by atoms with Gasteiger partial charge in [0.1, 0.15) is 12.4 Å². The van der Waals surface area contributed by atoms with Crippen LogP contribution in [0, 0.1) is 6.57 Å². The number of alkyl halides is 2. The summed E-state index contributed by atoms with van der Waals surface area (Å²) in [5.41, 5.74) is -0.0955. The molecule has 258 valence electrons. The van der Waals surface area contributed by atoms with Gasteiger partial charge in [0, 0.05) is 67.4 Å². The first-order chi connectivity index (χ1) is 21.9. The summed E-state index contributed by atoms with van der Waals surface area (Å²) in [5, 5.41) is 12.0. The van der Waals surface area contributed by atoms with E-state index in [0.29, 0.717) is 47.4 Å². The molecule has 1 aliphatic heterocycles. The van der Waals surface area contributed by atoms with Crippen molar-refractivity contribution in [3.05, 3.63) is 28.6 Å². The molecule has 2 aliphatic rings. The lowest BCUT2D eigenvalue weighted by molar-refractivity contribution is 0.0642. The topological polar surface area (TPSA) is 138 Å². The Kier molecular flexibility index (Phi) is 9.86. The van der Waals surface area contributed by atoms with Crippen molar-refractivity contribution in [1.29, 1.82) is 0 Å². The fraction of sp³-hybridized carbons (Fsp3) is 0.630. The molecule has 2 aromatic heterocycles. The standard InChI is InChI=1S/C27H39F2N9O5S3Si/c1-30-27(8-9-27)38(18-43-14-15-47(5,6)7)45(39,40)19-16-20-22(25-31-32-26(44-25)24(28)29)33-35(4)23(20)21(17-19)36-10-12-37(13-11-36)46(41,42)34(2)3/h16-17,24H,8-15,18H2,2-7H3. The van der Waals surface area contributed by atoms with E-state index < -0.39 is 45.4 Å². The van der Waals surface area contributed by atoms with E-state index in [0.717, 1.165) is 14.7 Å². The number of aryl methyl sites for hydroxylation is 1. The maximum absolute atomic E-state index is 14.5. The van der Waals surface area contributed by atoms with Crippen LogP contribution in [0.2, 0.25) is 25.7 Å². The predicted octanol–water partition coefficient (Wildman–Crippen LogP) is 3.67. The molecule has 47 heavy (non-hydrogen) atoms. The largest absolute Gasteiger partial charge is 0.367 e. The van der Waals surface area contributed by atoms with Gasteiger partial charge in [-0.3, -0.25) is 9.53 Å². The van der Waals surface area contributed by atoms with Crippen molar-refractivity contribution >= 4 is 56.2 Å². The van der Waals surface area contributed by atoms with Crippen LogP contribution >= 0.6 is 11.3 Å². The van der Waals surface area contributed by atoms with Crippen molar-refractivity contribution in [2.75, 3.05) is 58.5 Å². The molecular formula is C27H39F2N9O5S3Si. The molecule has 1 aliphatic carbocycles. The maximum Gasteiger partial charge on any atom is 0.303 e. The van der Waals surface area contributed by atoms with Crippen LogP contribution in [-0.2, 0) is 32.0 Å². The molecule has 14 nitrogen and oxygen atoms in total. The number of benzene rings is 1. The molecular weight excluding hydrogens is 693 g/mol. The van der Waals surface area contributed by atoms with Crippen LogP contribution in [0.4, 0.5) is 14.5 Å². The molecule has 1 aromatic carbocycles. The SMILES string of the molecule is [C-]#[N+]C1(N(COCC[Si](C)(C)C)S(=O)(=O)c2cc(N3CCN(S(=O)(=O)N(C)C)CC3)c3c(c2)c(-c2nnc(C(F)F)s2)nn3C)CC1. The minimum atomic E-state index is -4.34. The molecule has 0 radical (unpaired) electrons. The van der Waals surface area contributed by atoms with Gasteiger partial charge < -0.3 is 9.64 Å². The molecule has 1 saturated heterocycles. The zero-order valence-electron chi connectivity index (χ0n) is 27.1. The van der Waals surface area contributed by atoms with Crippen molar-refractivity contribution < 1.29 is 30.4 Å². The molecule has 1 saturated carbocycles. The first-order valence-corrected chi connectivity index (χ1v) is 22.3. The molecule has 5 rings (SSSR count). The molecule has 20 heteroatoms. The zero-order chi connectivity index (χ0) is 34.5. The van der Waals surface area contributed by atoms with Gasteiger partial charge >= 0.3 is 5.66 Å². The Morgan fingerprint density at radius 2 is 1.77 bits per heavy atom. The second kappa shape index (κ2) is 13.0. The minimum Gasteiger partial charge on any atom is -0.367 e. The highest BCUT2D eigenvalue weighted by Crippen LogP contribution is 2.47. The Morgan fingerprint density at radius 1 is 1.11 bits per heavy atom. The Bertz CT molecular complexity index is 1890. The van der Waals surface area contributed by atoms with Crippen LogP contribution in [-0.4, -0.2) is 117 Å². The van der Waals surface area contributed by atoms with E-state index in [9.17, 15) is 25.6 Å². The summed E-state index contributed by atoms with van der Waals surface area (Å²) in [6.45, 7) is 15.3. The van der Waals surface area contributed by atoms with Gasteiger partial charge in [-0.15, -0.1) is 10.2 Å². The highest BCUT2D eigenvalue weighted by atomic mass is 32.2. The van der Waals surface area contributed by atoms with Gasteiger partial charge in [0.15, 0.2) is 10.0 Å². The van der Waals surface area contributed by atoms with Crippen LogP contribution in [0.3, 0.4) is 0 Å². The van der Waals surface area contributed by atoms with Crippen molar-refractivity contribution in [3.63, 3.8) is 0 Å². The van der Waals surface area contributed by atoms with Crippen LogP contribution < -0.4 is 4.90 Å². The first-order valence-electron chi connectivity index (χ1n) is 15.0. The van der Waals surface area contributed by atoms with Gasteiger partial charge in [-0.1, -0.05) is 35.3 Å². The normalized spacial score (nSPS) is 17.7.